The molecule has 1 N–H and O–H groups in total. The van der Waals surface area contributed by atoms with Crippen molar-refractivity contribution >= 4 is 0 Å². The molecule has 0 radical (unpaired) electrons. The van der Waals surface area contributed by atoms with E-state index in [1.807, 2.05) is 13.8 Å². The average molecular weight is 167 g/mol. The van der Waals surface area contributed by atoms with E-state index >= 15 is 0 Å². The zero-order chi connectivity index (χ0) is 9.19. The summed E-state index contributed by atoms with van der Waals surface area (Å²) in [5, 5.41) is 12.1. The molecular weight excluding hydrogens is 150 g/mol. The molecule has 12 heavy (non-hydrogen) atoms. The van der Waals surface area contributed by atoms with E-state index in [2.05, 4.69) is 23.3 Å². The Kier molecular flexibility index (Phi) is 2.71. The summed E-state index contributed by atoms with van der Waals surface area (Å²) in [6.07, 6.45) is 1.15. The van der Waals surface area contributed by atoms with Gasteiger partial charge in [0.2, 0.25) is 0 Å². The molecule has 0 aromatic heterocycles. The largest absolute Gasteiger partial charge is 0.305 e. The first-order valence-electron chi connectivity index (χ1n) is 4.41. The highest BCUT2D eigenvalue weighted by Gasteiger charge is 2.25. The van der Waals surface area contributed by atoms with Gasteiger partial charge in [0.15, 0.2) is 0 Å². The van der Waals surface area contributed by atoms with E-state index in [1.165, 1.54) is 0 Å². The van der Waals surface area contributed by atoms with Gasteiger partial charge in [-0.2, -0.15) is 5.26 Å². The lowest BCUT2D eigenvalue weighted by molar-refractivity contribution is 0.368. The highest BCUT2D eigenvalue weighted by Crippen LogP contribution is 2.10. The van der Waals surface area contributed by atoms with Crippen molar-refractivity contribution in [2.45, 2.75) is 31.8 Å². The first kappa shape index (κ1) is 9.50. The van der Waals surface area contributed by atoms with Crippen molar-refractivity contribution in [1.82, 2.24) is 10.2 Å². The summed E-state index contributed by atoms with van der Waals surface area (Å²) in [5.41, 5.74) is -0.379. The number of likely N-dealkylation sites (tertiary alicyclic amines) is 1. The van der Waals surface area contributed by atoms with Crippen LogP contribution in [0.25, 0.3) is 0 Å². The molecule has 3 nitrogen and oxygen atoms in total. The molecule has 1 heterocycles. The quantitative estimate of drug-likeness (QED) is 0.654. The molecule has 1 saturated heterocycles. The van der Waals surface area contributed by atoms with E-state index in [-0.39, 0.29) is 5.54 Å². The molecule has 0 bridgehead atoms. The minimum Gasteiger partial charge on any atom is -0.305 e. The molecule has 0 aromatic carbocycles. The molecule has 0 saturated carbocycles. The van der Waals surface area contributed by atoms with Gasteiger partial charge in [0, 0.05) is 12.6 Å². The maximum Gasteiger partial charge on any atom is 0.101 e. The maximum atomic E-state index is 8.79. The standard InChI is InChI=1S/C9H17N3/c1-9(2,7-10)11-8-4-5-12(3)6-8/h8,11H,4-6H2,1-3H3. The second-order valence-electron chi connectivity index (χ2n) is 4.13. The molecule has 0 aromatic rings. The van der Waals surface area contributed by atoms with Gasteiger partial charge < -0.3 is 4.90 Å². The molecule has 1 rings (SSSR count). The summed E-state index contributed by atoms with van der Waals surface area (Å²) in [5.74, 6) is 0. The highest BCUT2D eigenvalue weighted by atomic mass is 15.2. The van der Waals surface area contributed by atoms with Crippen LogP contribution in [-0.2, 0) is 0 Å². The minimum atomic E-state index is -0.379. The third-order valence-electron chi connectivity index (χ3n) is 2.24. The molecule has 68 valence electrons. The normalized spacial score (nSPS) is 25.7. The lowest BCUT2D eigenvalue weighted by Gasteiger charge is -2.22. The molecular formula is C9H17N3. The Bertz CT molecular complexity index is 192. The van der Waals surface area contributed by atoms with Crippen molar-refractivity contribution < 1.29 is 0 Å². The maximum absolute atomic E-state index is 8.79. The van der Waals surface area contributed by atoms with Gasteiger partial charge in [-0.15, -0.1) is 0 Å². The van der Waals surface area contributed by atoms with E-state index < -0.39 is 0 Å². The first-order chi connectivity index (χ1) is 5.53. The van der Waals surface area contributed by atoms with Crippen LogP contribution in [0.1, 0.15) is 20.3 Å². The fourth-order valence-corrected chi connectivity index (χ4v) is 1.60. The van der Waals surface area contributed by atoms with Crippen LogP contribution in [0.3, 0.4) is 0 Å². The number of nitrogens with one attached hydrogen (secondary N) is 1. The van der Waals surface area contributed by atoms with Crippen LogP contribution in [0.4, 0.5) is 0 Å². The lowest BCUT2D eigenvalue weighted by Crippen LogP contribution is -2.45. The molecule has 1 fully saturated rings. The van der Waals surface area contributed by atoms with Crippen LogP contribution in [0, 0.1) is 11.3 Å². The van der Waals surface area contributed by atoms with E-state index in [1.54, 1.807) is 0 Å². The molecule has 1 atom stereocenters. The topological polar surface area (TPSA) is 39.1 Å². The van der Waals surface area contributed by atoms with Crippen molar-refractivity contribution in [2.75, 3.05) is 20.1 Å². The molecule has 0 spiro atoms. The van der Waals surface area contributed by atoms with E-state index in [0.29, 0.717) is 6.04 Å². The Morgan fingerprint density at radius 2 is 2.25 bits per heavy atom. The monoisotopic (exact) mass is 167 g/mol. The Balaban J connectivity index is 2.38. The summed E-state index contributed by atoms with van der Waals surface area (Å²) in [4.78, 5) is 2.28. The summed E-state index contributed by atoms with van der Waals surface area (Å²) >= 11 is 0. The van der Waals surface area contributed by atoms with Crippen molar-refractivity contribution in [3.05, 3.63) is 0 Å². The Morgan fingerprint density at radius 1 is 1.58 bits per heavy atom. The fourth-order valence-electron chi connectivity index (χ4n) is 1.60. The van der Waals surface area contributed by atoms with Gasteiger partial charge in [-0.1, -0.05) is 0 Å². The van der Waals surface area contributed by atoms with Gasteiger partial charge in [0.25, 0.3) is 0 Å². The second kappa shape index (κ2) is 3.42. The molecule has 0 amide bonds. The number of rotatable bonds is 2. The number of nitrogens with zero attached hydrogens (tertiary/aromatic N) is 2. The van der Waals surface area contributed by atoms with E-state index in [0.717, 1.165) is 19.5 Å². The molecule has 1 unspecified atom stereocenters. The third kappa shape index (κ3) is 2.47. The highest BCUT2D eigenvalue weighted by molar-refractivity contribution is 5.02. The molecule has 1 aliphatic heterocycles. The van der Waals surface area contributed by atoms with Crippen molar-refractivity contribution in [3.8, 4) is 6.07 Å². The van der Waals surface area contributed by atoms with Gasteiger partial charge >= 0.3 is 0 Å². The van der Waals surface area contributed by atoms with Gasteiger partial charge in [0.1, 0.15) is 5.54 Å². The van der Waals surface area contributed by atoms with Crippen molar-refractivity contribution in [1.29, 1.82) is 5.26 Å². The Morgan fingerprint density at radius 3 is 2.67 bits per heavy atom. The van der Waals surface area contributed by atoms with Crippen molar-refractivity contribution in [2.24, 2.45) is 0 Å². The number of nitriles is 1. The smallest absolute Gasteiger partial charge is 0.101 e. The lowest BCUT2D eigenvalue weighted by atomic mass is 10.1. The molecule has 3 heteroatoms. The van der Waals surface area contributed by atoms with Crippen LogP contribution in [0.2, 0.25) is 0 Å². The number of hydrogen-bond donors (Lipinski definition) is 1. The predicted molar refractivity (Wildman–Crippen MR) is 48.7 cm³/mol. The van der Waals surface area contributed by atoms with Crippen LogP contribution < -0.4 is 5.32 Å². The number of hydrogen-bond acceptors (Lipinski definition) is 3. The predicted octanol–water partition coefficient (Wildman–Crippen LogP) is 0.582. The summed E-state index contributed by atoms with van der Waals surface area (Å²) < 4.78 is 0. The summed E-state index contributed by atoms with van der Waals surface area (Å²) in [7, 11) is 2.11. The first-order valence-corrected chi connectivity index (χ1v) is 4.41. The molecule has 1 aliphatic rings. The van der Waals surface area contributed by atoms with E-state index in [4.69, 9.17) is 5.26 Å². The minimum absolute atomic E-state index is 0.379. The van der Waals surface area contributed by atoms with Crippen LogP contribution in [0.5, 0.6) is 0 Å². The second-order valence-corrected chi connectivity index (χ2v) is 4.13. The summed E-state index contributed by atoms with van der Waals surface area (Å²) in [6, 6.07) is 2.74. The van der Waals surface area contributed by atoms with E-state index in [9.17, 15) is 0 Å². The van der Waals surface area contributed by atoms with Gasteiger partial charge in [0.05, 0.1) is 6.07 Å². The van der Waals surface area contributed by atoms with Crippen LogP contribution >= 0.6 is 0 Å². The molecule has 0 aliphatic carbocycles. The van der Waals surface area contributed by atoms with Crippen LogP contribution in [0.15, 0.2) is 0 Å². The Labute approximate surface area is 74.4 Å². The van der Waals surface area contributed by atoms with Gasteiger partial charge in [-0.3, -0.25) is 5.32 Å². The third-order valence-corrected chi connectivity index (χ3v) is 2.24. The summed E-state index contributed by atoms with van der Waals surface area (Å²) in [6.45, 7) is 6.04. The van der Waals surface area contributed by atoms with Gasteiger partial charge in [-0.05, 0) is 33.9 Å². The fraction of sp³-hybridized carbons (Fsp3) is 0.889. The zero-order valence-corrected chi connectivity index (χ0v) is 8.09. The Hall–Kier alpha value is -0.590. The van der Waals surface area contributed by atoms with Gasteiger partial charge in [-0.25, -0.2) is 0 Å². The zero-order valence-electron chi connectivity index (χ0n) is 8.09. The van der Waals surface area contributed by atoms with Crippen molar-refractivity contribution in [3.63, 3.8) is 0 Å². The SMILES string of the molecule is CN1CCC(NC(C)(C)C#N)C1. The van der Waals surface area contributed by atoms with Crippen LogP contribution in [-0.4, -0.2) is 36.6 Å². The number of likely N-dealkylation sites (N-methyl/N-ethyl adjacent to an activating group) is 1. The average Bonchev–Trinajstić information content (AvgIpc) is 2.35.